The molecule has 1 saturated heterocycles. The maximum atomic E-state index is 12.5. The van der Waals surface area contributed by atoms with Crippen molar-refractivity contribution in [3.05, 3.63) is 29.3 Å². The van der Waals surface area contributed by atoms with E-state index < -0.39 is 0 Å². The van der Waals surface area contributed by atoms with Crippen LogP contribution in [0, 0.1) is 6.92 Å². The number of anilines is 1. The molecule has 2 rings (SSSR count). The van der Waals surface area contributed by atoms with Gasteiger partial charge in [0.15, 0.2) is 0 Å². The third kappa shape index (κ3) is 2.48. The van der Waals surface area contributed by atoms with Gasteiger partial charge in [-0.25, -0.2) is 0 Å². The van der Waals surface area contributed by atoms with Gasteiger partial charge in [0.25, 0.3) is 5.91 Å². The molecule has 1 unspecified atom stereocenters. The number of rotatable bonds is 2. The van der Waals surface area contributed by atoms with Gasteiger partial charge < -0.3 is 10.3 Å². The lowest BCUT2D eigenvalue weighted by molar-refractivity contribution is 0.0635. The number of piperidine rings is 1. The normalized spacial score (nSPS) is 19.7. The van der Waals surface area contributed by atoms with Crippen molar-refractivity contribution in [2.24, 2.45) is 5.84 Å². The molecule has 1 heterocycles. The molecule has 18 heavy (non-hydrogen) atoms. The lowest BCUT2D eigenvalue weighted by Gasteiger charge is -2.33. The summed E-state index contributed by atoms with van der Waals surface area (Å²) in [5.74, 6) is 5.51. The predicted octanol–water partition coefficient (Wildman–Crippen LogP) is 2.30. The molecular formula is C14H21N3O. The molecule has 0 aromatic heterocycles. The zero-order valence-electron chi connectivity index (χ0n) is 11.1. The average Bonchev–Trinajstić information content (AvgIpc) is 2.38. The SMILES string of the molecule is Cc1cc(NN)ccc1C(=O)N1CCCCC1C. The number of aryl methyl sites for hydroxylation is 1. The monoisotopic (exact) mass is 247 g/mol. The second-order valence-corrected chi connectivity index (χ2v) is 5.02. The Hall–Kier alpha value is -1.55. The molecule has 0 spiro atoms. The zero-order chi connectivity index (χ0) is 13.1. The molecule has 4 nitrogen and oxygen atoms in total. The molecule has 3 N–H and O–H groups in total. The molecule has 0 saturated carbocycles. The van der Waals surface area contributed by atoms with Gasteiger partial charge in [-0.1, -0.05) is 0 Å². The Labute approximate surface area is 108 Å². The number of hydrazine groups is 1. The van der Waals surface area contributed by atoms with Crippen molar-refractivity contribution in [2.75, 3.05) is 12.0 Å². The number of likely N-dealkylation sites (tertiary alicyclic amines) is 1. The van der Waals surface area contributed by atoms with Crippen LogP contribution < -0.4 is 11.3 Å². The van der Waals surface area contributed by atoms with Crippen molar-refractivity contribution in [3.63, 3.8) is 0 Å². The van der Waals surface area contributed by atoms with Crippen molar-refractivity contribution in [1.29, 1.82) is 0 Å². The van der Waals surface area contributed by atoms with Crippen LogP contribution in [-0.4, -0.2) is 23.4 Å². The Morgan fingerprint density at radius 2 is 2.22 bits per heavy atom. The van der Waals surface area contributed by atoms with Gasteiger partial charge in [0, 0.05) is 23.8 Å². The highest BCUT2D eigenvalue weighted by Crippen LogP contribution is 2.22. The summed E-state index contributed by atoms with van der Waals surface area (Å²) in [6.07, 6.45) is 3.44. The molecule has 1 aliphatic heterocycles. The van der Waals surface area contributed by atoms with Gasteiger partial charge in [0.2, 0.25) is 0 Å². The highest BCUT2D eigenvalue weighted by Gasteiger charge is 2.24. The Balaban J connectivity index is 2.22. The summed E-state index contributed by atoms with van der Waals surface area (Å²) in [5.41, 5.74) is 5.17. The number of carbonyl (C=O) groups is 1. The van der Waals surface area contributed by atoms with E-state index in [2.05, 4.69) is 12.3 Å². The smallest absolute Gasteiger partial charge is 0.254 e. The summed E-state index contributed by atoms with van der Waals surface area (Å²) < 4.78 is 0. The summed E-state index contributed by atoms with van der Waals surface area (Å²) in [6.45, 7) is 4.95. The van der Waals surface area contributed by atoms with E-state index in [4.69, 9.17) is 5.84 Å². The highest BCUT2D eigenvalue weighted by molar-refractivity contribution is 5.96. The third-order valence-electron chi connectivity index (χ3n) is 3.69. The second-order valence-electron chi connectivity index (χ2n) is 5.02. The van der Waals surface area contributed by atoms with Crippen LogP contribution in [-0.2, 0) is 0 Å². The van der Waals surface area contributed by atoms with Crippen LogP contribution >= 0.6 is 0 Å². The molecule has 1 atom stereocenters. The molecule has 1 fully saturated rings. The van der Waals surface area contributed by atoms with Crippen molar-refractivity contribution in [2.45, 2.75) is 39.2 Å². The maximum Gasteiger partial charge on any atom is 0.254 e. The van der Waals surface area contributed by atoms with Crippen LogP contribution in [0.3, 0.4) is 0 Å². The second kappa shape index (κ2) is 5.40. The minimum Gasteiger partial charge on any atom is -0.336 e. The van der Waals surface area contributed by atoms with E-state index in [1.54, 1.807) is 0 Å². The number of benzene rings is 1. The van der Waals surface area contributed by atoms with Crippen LogP contribution in [0.1, 0.15) is 42.1 Å². The predicted molar refractivity (Wildman–Crippen MR) is 73.3 cm³/mol. The Morgan fingerprint density at radius 3 is 2.83 bits per heavy atom. The fourth-order valence-electron chi connectivity index (χ4n) is 2.55. The van der Waals surface area contributed by atoms with Crippen LogP contribution in [0.15, 0.2) is 18.2 Å². The molecule has 0 aliphatic carbocycles. The Bertz CT molecular complexity index is 445. The van der Waals surface area contributed by atoms with Gasteiger partial charge in [-0.3, -0.25) is 10.6 Å². The molecule has 1 aromatic rings. The first-order valence-corrected chi connectivity index (χ1v) is 6.51. The van der Waals surface area contributed by atoms with E-state index >= 15 is 0 Å². The van der Waals surface area contributed by atoms with Crippen LogP contribution in [0.25, 0.3) is 0 Å². The number of nitrogens with one attached hydrogen (secondary N) is 1. The van der Waals surface area contributed by atoms with E-state index in [9.17, 15) is 4.79 Å². The van der Waals surface area contributed by atoms with Gasteiger partial charge >= 0.3 is 0 Å². The van der Waals surface area contributed by atoms with Crippen molar-refractivity contribution < 1.29 is 4.79 Å². The van der Waals surface area contributed by atoms with E-state index in [1.165, 1.54) is 6.42 Å². The molecule has 1 aliphatic rings. The number of nitrogens with two attached hydrogens (primary N) is 1. The van der Waals surface area contributed by atoms with Gasteiger partial charge in [0.05, 0.1) is 0 Å². The lowest BCUT2D eigenvalue weighted by atomic mass is 10.0. The summed E-state index contributed by atoms with van der Waals surface area (Å²) >= 11 is 0. The number of nitrogen functional groups attached to an aromatic ring is 1. The van der Waals surface area contributed by atoms with E-state index in [0.717, 1.165) is 36.2 Å². The van der Waals surface area contributed by atoms with E-state index in [1.807, 2.05) is 30.0 Å². The lowest BCUT2D eigenvalue weighted by Crippen LogP contribution is -2.42. The molecule has 1 amide bonds. The quantitative estimate of drug-likeness (QED) is 0.622. The minimum atomic E-state index is 0.142. The number of carbonyl (C=O) groups excluding carboxylic acids is 1. The van der Waals surface area contributed by atoms with Gasteiger partial charge in [-0.15, -0.1) is 0 Å². The largest absolute Gasteiger partial charge is 0.336 e. The number of hydrogen-bond donors (Lipinski definition) is 2. The molecule has 98 valence electrons. The van der Waals surface area contributed by atoms with Crippen LogP contribution in [0.4, 0.5) is 5.69 Å². The fourth-order valence-corrected chi connectivity index (χ4v) is 2.55. The fraction of sp³-hybridized carbons (Fsp3) is 0.500. The van der Waals surface area contributed by atoms with E-state index in [0.29, 0.717) is 6.04 Å². The summed E-state index contributed by atoms with van der Waals surface area (Å²) in [7, 11) is 0. The van der Waals surface area contributed by atoms with Crippen LogP contribution in [0.2, 0.25) is 0 Å². The number of hydrogen-bond acceptors (Lipinski definition) is 3. The van der Waals surface area contributed by atoms with Crippen molar-refractivity contribution in [3.8, 4) is 0 Å². The molecule has 1 aromatic carbocycles. The topological polar surface area (TPSA) is 58.4 Å². The first kappa shape index (κ1) is 12.9. The molecule has 0 bridgehead atoms. The number of nitrogens with zero attached hydrogens (tertiary/aromatic N) is 1. The van der Waals surface area contributed by atoms with Gasteiger partial charge in [-0.2, -0.15) is 0 Å². The van der Waals surface area contributed by atoms with Crippen molar-refractivity contribution in [1.82, 2.24) is 4.90 Å². The van der Waals surface area contributed by atoms with Gasteiger partial charge in [-0.05, 0) is 56.9 Å². The molecular weight excluding hydrogens is 226 g/mol. The van der Waals surface area contributed by atoms with E-state index in [-0.39, 0.29) is 5.91 Å². The minimum absolute atomic E-state index is 0.142. The Morgan fingerprint density at radius 1 is 1.44 bits per heavy atom. The van der Waals surface area contributed by atoms with Crippen molar-refractivity contribution >= 4 is 11.6 Å². The highest BCUT2D eigenvalue weighted by atomic mass is 16.2. The Kier molecular flexibility index (Phi) is 3.87. The summed E-state index contributed by atoms with van der Waals surface area (Å²) in [6, 6.07) is 5.95. The zero-order valence-corrected chi connectivity index (χ0v) is 11.1. The third-order valence-corrected chi connectivity index (χ3v) is 3.69. The van der Waals surface area contributed by atoms with Gasteiger partial charge in [0.1, 0.15) is 0 Å². The first-order valence-electron chi connectivity index (χ1n) is 6.51. The first-order chi connectivity index (χ1) is 8.63. The van der Waals surface area contributed by atoms with Crippen LogP contribution in [0.5, 0.6) is 0 Å². The molecule has 4 heteroatoms. The summed E-state index contributed by atoms with van der Waals surface area (Å²) in [4.78, 5) is 14.5. The average molecular weight is 247 g/mol. The standard InChI is InChI=1S/C14H21N3O/c1-10-9-12(16-15)6-7-13(10)14(18)17-8-4-3-5-11(17)2/h6-7,9,11,16H,3-5,8,15H2,1-2H3. The summed E-state index contributed by atoms with van der Waals surface area (Å²) in [5, 5.41) is 0. The number of amides is 1. The molecule has 0 radical (unpaired) electrons. The maximum absolute atomic E-state index is 12.5.